The van der Waals surface area contributed by atoms with Crippen LogP contribution >= 0.6 is 22.9 Å². The van der Waals surface area contributed by atoms with Crippen molar-refractivity contribution in [3.05, 3.63) is 28.2 Å². The maximum absolute atomic E-state index is 13.0. The van der Waals surface area contributed by atoms with Gasteiger partial charge in [-0.1, -0.05) is 22.9 Å². The van der Waals surface area contributed by atoms with Crippen LogP contribution in [0.2, 0.25) is 5.02 Å². The lowest BCUT2D eigenvalue weighted by Crippen LogP contribution is -2.50. The lowest BCUT2D eigenvalue weighted by molar-refractivity contribution is -0.138. The summed E-state index contributed by atoms with van der Waals surface area (Å²) in [5.74, 6) is -0.931. The van der Waals surface area contributed by atoms with E-state index in [1.807, 2.05) is 0 Å². The Morgan fingerprint density at radius 2 is 1.85 bits per heavy atom. The van der Waals surface area contributed by atoms with Crippen molar-refractivity contribution >= 4 is 49.9 Å². The molecule has 0 radical (unpaired) electrons. The Bertz CT molecular complexity index is 1170. The number of benzene rings is 1. The van der Waals surface area contributed by atoms with Gasteiger partial charge in [-0.2, -0.15) is 17.5 Å². The first-order valence-electron chi connectivity index (χ1n) is 9.74. The van der Waals surface area contributed by atoms with Crippen LogP contribution in [-0.4, -0.2) is 72.9 Å². The van der Waals surface area contributed by atoms with Gasteiger partial charge >= 0.3 is 6.18 Å². The molecule has 1 aromatic carbocycles. The van der Waals surface area contributed by atoms with E-state index in [0.717, 1.165) is 0 Å². The second kappa shape index (κ2) is 10.4. The van der Waals surface area contributed by atoms with E-state index in [2.05, 4.69) is 15.5 Å². The molecule has 186 valence electrons. The molecule has 3 rings (SSSR count). The molecule has 1 fully saturated rings. The van der Waals surface area contributed by atoms with E-state index in [1.165, 1.54) is 34.5 Å². The number of aromatic nitrogens is 2. The van der Waals surface area contributed by atoms with Gasteiger partial charge in [-0.05, 0) is 18.2 Å². The SMILES string of the molecule is COc1ccc(Cl)cc1S(=O)(=O)N1CCN(C(=O)CCC(=O)Nc2nnc(C(F)(F)F)s2)CC1. The molecule has 2 heterocycles. The molecule has 1 N–H and O–H groups in total. The summed E-state index contributed by atoms with van der Waals surface area (Å²) >= 11 is 6.12. The molecule has 0 saturated carbocycles. The average Bonchev–Trinajstić information content (AvgIpc) is 3.26. The van der Waals surface area contributed by atoms with Crippen LogP contribution in [0, 0.1) is 0 Å². The summed E-state index contributed by atoms with van der Waals surface area (Å²) in [6, 6.07) is 4.25. The standard InChI is InChI=1S/C18H19ClF3N5O5S2/c1-32-12-3-2-11(19)10-13(12)34(30,31)27-8-6-26(7-9-27)15(29)5-4-14(28)23-17-25-24-16(33-17)18(20,21)22/h2-3,10H,4-9H2,1H3,(H,23,25,28). The third-order valence-corrected chi connectivity index (χ3v) is 7.85. The second-order valence-corrected chi connectivity index (χ2v) is 10.4. The van der Waals surface area contributed by atoms with E-state index in [9.17, 15) is 31.2 Å². The van der Waals surface area contributed by atoms with Crippen molar-refractivity contribution in [3.8, 4) is 5.75 Å². The molecule has 10 nitrogen and oxygen atoms in total. The molecule has 16 heteroatoms. The van der Waals surface area contributed by atoms with Crippen molar-refractivity contribution in [1.82, 2.24) is 19.4 Å². The Morgan fingerprint density at radius 1 is 1.18 bits per heavy atom. The first-order chi connectivity index (χ1) is 15.9. The number of ether oxygens (including phenoxy) is 1. The molecule has 0 bridgehead atoms. The summed E-state index contributed by atoms with van der Waals surface area (Å²) in [6.07, 6.45) is -5.15. The van der Waals surface area contributed by atoms with Crippen LogP contribution in [0.5, 0.6) is 5.75 Å². The Morgan fingerprint density at radius 3 is 2.44 bits per heavy atom. The van der Waals surface area contributed by atoms with Crippen molar-refractivity contribution in [2.45, 2.75) is 23.9 Å². The lowest BCUT2D eigenvalue weighted by atomic mass is 10.2. The zero-order valence-corrected chi connectivity index (χ0v) is 20.0. The van der Waals surface area contributed by atoms with Gasteiger partial charge in [0.15, 0.2) is 0 Å². The number of piperazine rings is 1. The fourth-order valence-corrected chi connectivity index (χ4v) is 5.59. The van der Waals surface area contributed by atoms with E-state index < -0.39 is 27.1 Å². The number of anilines is 1. The summed E-state index contributed by atoms with van der Waals surface area (Å²) in [6.45, 7) is 0.268. The first kappa shape index (κ1) is 26.1. The molecule has 0 aliphatic carbocycles. The van der Waals surface area contributed by atoms with Gasteiger partial charge in [0.2, 0.25) is 32.0 Å². The maximum Gasteiger partial charge on any atom is 0.445 e. The number of carbonyl (C=O) groups is 2. The number of halogens is 4. The normalized spacial score (nSPS) is 15.3. The van der Waals surface area contributed by atoms with Crippen LogP contribution in [0.4, 0.5) is 18.3 Å². The quantitative estimate of drug-likeness (QED) is 0.571. The average molecular weight is 542 g/mol. The van der Waals surface area contributed by atoms with Gasteiger partial charge in [0.25, 0.3) is 0 Å². The van der Waals surface area contributed by atoms with E-state index in [4.69, 9.17) is 16.3 Å². The number of methoxy groups -OCH3 is 1. The van der Waals surface area contributed by atoms with Gasteiger partial charge in [0.1, 0.15) is 10.6 Å². The van der Waals surface area contributed by atoms with Crippen LogP contribution in [0.15, 0.2) is 23.1 Å². The molecule has 1 aromatic heterocycles. The number of nitrogens with one attached hydrogen (secondary N) is 1. The minimum atomic E-state index is -4.66. The summed E-state index contributed by atoms with van der Waals surface area (Å²) in [7, 11) is -2.57. The molecule has 1 aliphatic rings. The van der Waals surface area contributed by atoms with Crippen molar-refractivity contribution in [3.63, 3.8) is 0 Å². The van der Waals surface area contributed by atoms with Gasteiger partial charge in [0.05, 0.1) is 7.11 Å². The molecule has 0 spiro atoms. The molecule has 1 aliphatic heterocycles. The van der Waals surface area contributed by atoms with Crippen LogP contribution in [0.3, 0.4) is 0 Å². The summed E-state index contributed by atoms with van der Waals surface area (Å²) < 4.78 is 70.0. The van der Waals surface area contributed by atoms with Crippen molar-refractivity contribution in [1.29, 1.82) is 0 Å². The number of rotatable bonds is 7. The van der Waals surface area contributed by atoms with E-state index in [-0.39, 0.29) is 77.1 Å². The highest BCUT2D eigenvalue weighted by atomic mass is 35.5. The van der Waals surface area contributed by atoms with Gasteiger partial charge in [-0.25, -0.2) is 8.42 Å². The van der Waals surface area contributed by atoms with E-state index >= 15 is 0 Å². The molecule has 1 saturated heterocycles. The Kier molecular flexibility index (Phi) is 8.00. The Labute approximate surface area is 201 Å². The van der Waals surface area contributed by atoms with Crippen LogP contribution in [-0.2, 0) is 25.8 Å². The number of hydrogen-bond donors (Lipinski definition) is 1. The number of carbonyl (C=O) groups excluding carboxylic acids is 2. The smallest absolute Gasteiger partial charge is 0.445 e. The molecular formula is C18H19ClF3N5O5S2. The monoisotopic (exact) mass is 541 g/mol. The van der Waals surface area contributed by atoms with Crippen LogP contribution < -0.4 is 10.1 Å². The number of hydrogen-bond acceptors (Lipinski definition) is 8. The first-order valence-corrected chi connectivity index (χ1v) is 12.4. The molecule has 2 amide bonds. The summed E-state index contributed by atoms with van der Waals surface area (Å²) in [5, 5.41) is 7.11. The van der Waals surface area contributed by atoms with Gasteiger partial charge in [-0.3, -0.25) is 9.59 Å². The van der Waals surface area contributed by atoms with Crippen LogP contribution in [0.1, 0.15) is 17.8 Å². The van der Waals surface area contributed by atoms with Gasteiger partial charge in [-0.15, -0.1) is 10.2 Å². The predicted octanol–water partition coefficient (Wildman–Crippen LogP) is 2.47. The van der Waals surface area contributed by atoms with Gasteiger partial charge < -0.3 is 15.0 Å². The fourth-order valence-electron chi connectivity index (χ4n) is 3.12. The Hall–Kier alpha value is -2.49. The van der Waals surface area contributed by atoms with E-state index in [0.29, 0.717) is 0 Å². The third-order valence-electron chi connectivity index (χ3n) is 4.81. The van der Waals surface area contributed by atoms with Crippen molar-refractivity contribution in [2.75, 3.05) is 38.6 Å². The third kappa shape index (κ3) is 6.14. The fraction of sp³-hybridized carbons (Fsp3) is 0.444. The highest BCUT2D eigenvalue weighted by molar-refractivity contribution is 7.89. The molecule has 0 atom stereocenters. The topological polar surface area (TPSA) is 122 Å². The number of nitrogens with zero attached hydrogens (tertiary/aromatic N) is 4. The highest BCUT2D eigenvalue weighted by Crippen LogP contribution is 2.33. The number of alkyl halides is 3. The minimum absolute atomic E-state index is 0.0287. The zero-order chi connectivity index (χ0) is 25.1. The summed E-state index contributed by atoms with van der Waals surface area (Å²) in [5.41, 5.74) is 0. The predicted molar refractivity (Wildman–Crippen MR) is 116 cm³/mol. The lowest BCUT2D eigenvalue weighted by Gasteiger charge is -2.34. The molecule has 34 heavy (non-hydrogen) atoms. The van der Waals surface area contributed by atoms with Crippen molar-refractivity contribution < 1.29 is 35.9 Å². The second-order valence-electron chi connectivity index (χ2n) is 7.04. The zero-order valence-electron chi connectivity index (χ0n) is 17.6. The highest BCUT2D eigenvalue weighted by Gasteiger charge is 2.36. The number of sulfonamides is 1. The Balaban J connectivity index is 1.51. The maximum atomic E-state index is 13.0. The molecule has 2 aromatic rings. The van der Waals surface area contributed by atoms with E-state index in [1.54, 1.807) is 0 Å². The largest absolute Gasteiger partial charge is 0.495 e. The number of amides is 2. The molecule has 0 unspecified atom stereocenters. The van der Waals surface area contributed by atoms with Gasteiger partial charge in [0, 0.05) is 44.0 Å². The minimum Gasteiger partial charge on any atom is -0.495 e. The summed E-state index contributed by atoms with van der Waals surface area (Å²) in [4.78, 5) is 25.7. The van der Waals surface area contributed by atoms with Crippen LogP contribution in [0.25, 0.3) is 0 Å². The molecular weight excluding hydrogens is 523 g/mol. The van der Waals surface area contributed by atoms with Crippen molar-refractivity contribution in [2.24, 2.45) is 0 Å².